The molecule has 0 aromatic carbocycles. The number of nitrogens with one attached hydrogen (secondary N) is 1. The lowest BCUT2D eigenvalue weighted by atomic mass is 10.2. The van der Waals surface area contributed by atoms with Gasteiger partial charge in [-0.25, -0.2) is 13.1 Å². The van der Waals surface area contributed by atoms with Crippen molar-refractivity contribution < 1.29 is 8.42 Å². The van der Waals surface area contributed by atoms with Gasteiger partial charge in [-0.15, -0.1) is 10.2 Å². The second kappa shape index (κ2) is 5.57. The second-order valence-corrected chi connectivity index (χ2v) is 6.94. The summed E-state index contributed by atoms with van der Waals surface area (Å²) in [4.78, 5) is 0.153. The number of fused-ring (bicyclic) bond motifs is 1. The summed E-state index contributed by atoms with van der Waals surface area (Å²) in [6.45, 7) is 0.997. The molecule has 0 saturated heterocycles. The van der Waals surface area contributed by atoms with Crippen molar-refractivity contribution in [1.29, 1.82) is 0 Å². The molecular weight excluding hydrogens is 292 g/mol. The van der Waals surface area contributed by atoms with Gasteiger partial charge in [0, 0.05) is 26.2 Å². The number of hydrogen-bond donors (Lipinski definition) is 1. The minimum Gasteiger partial charge on any atom is -0.314 e. The summed E-state index contributed by atoms with van der Waals surface area (Å²) in [7, 11) is -1.89. The van der Waals surface area contributed by atoms with Crippen molar-refractivity contribution in [3.63, 3.8) is 0 Å². The van der Waals surface area contributed by atoms with Gasteiger partial charge in [-0.1, -0.05) is 6.42 Å². The monoisotopic (exact) mass is 310 g/mol. The van der Waals surface area contributed by atoms with Crippen molar-refractivity contribution >= 4 is 10.0 Å². The molecule has 0 spiro atoms. The Bertz CT molecular complexity index is 733. The van der Waals surface area contributed by atoms with Crippen LogP contribution in [-0.2, 0) is 36.6 Å². The lowest BCUT2D eigenvalue weighted by Gasteiger charge is -2.07. The van der Waals surface area contributed by atoms with Crippen LogP contribution in [0.15, 0.2) is 17.3 Å². The summed E-state index contributed by atoms with van der Waals surface area (Å²) in [6.07, 6.45) is 7.05. The van der Waals surface area contributed by atoms with E-state index < -0.39 is 10.0 Å². The maximum absolute atomic E-state index is 12.2. The highest BCUT2D eigenvalue weighted by molar-refractivity contribution is 7.89. The first-order chi connectivity index (χ1) is 10.1. The molecule has 0 bridgehead atoms. The summed E-state index contributed by atoms with van der Waals surface area (Å²) in [5, 5.41) is 12.1. The fraction of sp³-hybridized carbons (Fsp3) is 0.583. The van der Waals surface area contributed by atoms with Crippen molar-refractivity contribution in [2.75, 3.05) is 0 Å². The minimum absolute atomic E-state index is 0.143. The summed E-state index contributed by atoms with van der Waals surface area (Å²) in [5.74, 6) is 1.61. The maximum atomic E-state index is 12.2. The average Bonchev–Trinajstić information content (AvgIpc) is 2.97. The first-order valence-electron chi connectivity index (χ1n) is 6.95. The lowest BCUT2D eigenvalue weighted by molar-refractivity contribution is 0.567. The van der Waals surface area contributed by atoms with Crippen molar-refractivity contribution in [3.8, 4) is 0 Å². The fourth-order valence-electron chi connectivity index (χ4n) is 2.46. The number of aryl methyl sites for hydroxylation is 2. The van der Waals surface area contributed by atoms with Crippen LogP contribution in [0.4, 0.5) is 0 Å². The maximum Gasteiger partial charge on any atom is 0.244 e. The highest BCUT2D eigenvalue weighted by Crippen LogP contribution is 2.15. The molecule has 1 N–H and O–H groups in total. The number of aromatic nitrogens is 5. The largest absolute Gasteiger partial charge is 0.314 e. The summed E-state index contributed by atoms with van der Waals surface area (Å²) >= 11 is 0. The Hall–Kier alpha value is -1.74. The van der Waals surface area contributed by atoms with Crippen molar-refractivity contribution in [3.05, 3.63) is 24.0 Å². The first kappa shape index (κ1) is 14.2. The zero-order valence-electron chi connectivity index (χ0n) is 11.9. The van der Waals surface area contributed by atoms with Gasteiger partial charge in [-0.2, -0.15) is 5.10 Å². The second-order valence-electron chi connectivity index (χ2n) is 5.17. The van der Waals surface area contributed by atoms with Crippen LogP contribution in [0, 0.1) is 0 Å². The molecule has 0 amide bonds. The highest BCUT2D eigenvalue weighted by Gasteiger charge is 2.19. The molecule has 0 aliphatic carbocycles. The predicted octanol–water partition coefficient (Wildman–Crippen LogP) is 0.216. The highest BCUT2D eigenvalue weighted by atomic mass is 32.2. The Kier molecular flexibility index (Phi) is 3.77. The van der Waals surface area contributed by atoms with Crippen LogP contribution >= 0.6 is 0 Å². The molecule has 0 fully saturated rings. The Morgan fingerprint density at radius 3 is 2.90 bits per heavy atom. The van der Waals surface area contributed by atoms with E-state index in [-0.39, 0.29) is 11.4 Å². The van der Waals surface area contributed by atoms with Gasteiger partial charge < -0.3 is 4.57 Å². The molecule has 21 heavy (non-hydrogen) atoms. The summed E-state index contributed by atoms with van der Waals surface area (Å²) in [6, 6.07) is 0. The van der Waals surface area contributed by atoms with E-state index in [1.54, 1.807) is 7.05 Å². The van der Waals surface area contributed by atoms with E-state index in [2.05, 4.69) is 20.0 Å². The van der Waals surface area contributed by atoms with E-state index in [4.69, 9.17) is 0 Å². The quantitative estimate of drug-likeness (QED) is 0.871. The molecule has 2 aromatic rings. The van der Waals surface area contributed by atoms with Crippen LogP contribution < -0.4 is 4.72 Å². The molecule has 0 saturated carbocycles. The van der Waals surface area contributed by atoms with Crippen LogP contribution in [0.1, 0.15) is 30.9 Å². The molecule has 0 atom stereocenters. The number of nitrogens with zero attached hydrogens (tertiary/aromatic N) is 5. The van der Waals surface area contributed by atoms with E-state index in [9.17, 15) is 8.42 Å². The Morgan fingerprint density at radius 2 is 2.14 bits per heavy atom. The van der Waals surface area contributed by atoms with Gasteiger partial charge in [0.05, 0.1) is 12.7 Å². The standard InChI is InChI=1S/C12H18N6O2S/c1-17-9-10(7-13-17)21(19,20)14-8-12-16-15-11-5-3-2-4-6-18(11)12/h7,9,14H,2-6,8H2,1H3. The Morgan fingerprint density at radius 1 is 1.29 bits per heavy atom. The van der Waals surface area contributed by atoms with Gasteiger partial charge in [-0.3, -0.25) is 4.68 Å². The molecule has 0 radical (unpaired) electrons. The van der Waals surface area contributed by atoms with Crippen molar-refractivity contribution in [2.45, 2.75) is 43.7 Å². The van der Waals surface area contributed by atoms with Gasteiger partial charge in [0.1, 0.15) is 16.5 Å². The molecule has 8 nitrogen and oxygen atoms in total. The molecule has 3 rings (SSSR count). The average molecular weight is 310 g/mol. The number of sulfonamides is 1. The minimum atomic E-state index is -3.57. The predicted molar refractivity (Wildman–Crippen MR) is 74.8 cm³/mol. The van der Waals surface area contributed by atoms with Crippen LogP contribution in [0.2, 0.25) is 0 Å². The normalized spacial score (nSPS) is 15.7. The summed E-state index contributed by atoms with van der Waals surface area (Å²) < 4.78 is 30.3. The molecule has 1 aliphatic heterocycles. The van der Waals surface area contributed by atoms with E-state index in [0.717, 1.165) is 31.6 Å². The van der Waals surface area contributed by atoms with Gasteiger partial charge in [0.25, 0.3) is 0 Å². The molecule has 3 heterocycles. The van der Waals surface area contributed by atoms with Crippen LogP contribution in [0.5, 0.6) is 0 Å². The fourth-order valence-corrected chi connectivity index (χ4v) is 3.42. The van der Waals surface area contributed by atoms with Crippen molar-refractivity contribution in [1.82, 2.24) is 29.3 Å². The Balaban J connectivity index is 1.75. The molecule has 2 aromatic heterocycles. The molecule has 9 heteroatoms. The Labute approximate surface area is 123 Å². The van der Waals surface area contributed by atoms with Crippen molar-refractivity contribution in [2.24, 2.45) is 7.05 Å². The number of hydrogen-bond acceptors (Lipinski definition) is 5. The third-order valence-corrected chi connectivity index (χ3v) is 4.95. The van der Waals surface area contributed by atoms with Crippen LogP contribution in [0.25, 0.3) is 0 Å². The van der Waals surface area contributed by atoms with E-state index in [1.807, 2.05) is 4.57 Å². The zero-order chi connectivity index (χ0) is 14.9. The zero-order valence-corrected chi connectivity index (χ0v) is 12.7. The lowest BCUT2D eigenvalue weighted by Crippen LogP contribution is -2.25. The van der Waals surface area contributed by atoms with E-state index in [0.29, 0.717) is 5.82 Å². The summed E-state index contributed by atoms with van der Waals surface area (Å²) in [5.41, 5.74) is 0. The molecule has 1 aliphatic rings. The molecule has 114 valence electrons. The molecular formula is C12H18N6O2S. The smallest absolute Gasteiger partial charge is 0.244 e. The third kappa shape index (κ3) is 2.98. The topological polar surface area (TPSA) is 94.7 Å². The SMILES string of the molecule is Cn1cc(S(=O)(=O)NCc2nnc3n2CCCCC3)cn1. The van der Waals surface area contributed by atoms with E-state index in [1.165, 1.54) is 23.5 Å². The number of rotatable bonds is 4. The first-order valence-corrected chi connectivity index (χ1v) is 8.44. The van der Waals surface area contributed by atoms with Gasteiger partial charge in [-0.05, 0) is 12.8 Å². The van der Waals surface area contributed by atoms with Gasteiger partial charge in [0.15, 0.2) is 0 Å². The van der Waals surface area contributed by atoms with Gasteiger partial charge >= 0.3 is 0 Å². The van der Waals surface area contributed by atoms with Crippen LogP contribution in [-0.4, -0.2) is 33.0 Å². The van der Waals surface area contributed by atoms with E-state index >= 15 is 0 Å². The molecule has 0 unspecified atom stereocenters. The van der Waals surface area contributed by atoms with Gasteiger partial charge in [0.2, 0.25) is 10.0 Å². The van der Waals surface area contributed by atoms with Crippen LogP contribution in [0.3, 0.4) is 0 Å². The third-order valence-electron chi connectivity index (χ3n) is 3.60.